The monoisotopic (exact) mass is 576 g/mol. The number of H-pyrrole nitrogens is 1. The number of rotatable bonds is 5. The molecule has 0 radical (unpaired) electrons. The van der Waals surface area contributed by atoms with E-state index in [9.17, 15) is 40.2 Å². The van der Waals surface area contributed by atoms with E-state index in [4.69, 9.17) is 4.74 Å². The number of aromatic amines is 1. The van der Waals surface area contributed by atoms with Gasteiger partial charge in [-0.3, -0.25) is 9.59 Å². The molecule has 2 aliphatic rings. The van der Waals surface area contributed by atoms with Crippen molar-refractivity contribution >= 4 is 55.4 Å². The predicted molar refractivity (Wildman–Crippen MR) is 150 cm³/mol. The van der Waals surface area contributed by atoms with Gasteiger partial charge in [0.1, 0.15) is 35.9 Å². The molecule has 13 heteroatoms. The van der Waals surface area contributed by atoms with Crippen molar-refractivity contribution < 1.29 is 45.0 Å². The van der Waals surface area contributed by atoms with Gasteiger partial charge in [0, 0.05) is 28.1 Å². The van der Waals surface area contributed by atoms with Crippen LogP contribution in [0.15, 0.2) is 36.4 Å². The molecule has 0 spiro atoms. The number of aromatic nitrogens is 2. The average Bonchev–Trinajstić information content (AvgIpc) is 3.60. The highest BCUT2D eigenvalue weighted by Gasteiger charge is 2.47. The molecule has 0 aliphatic carbocycles. The van der Waals surface area contributed by atoms with E-state index in [1.807, 2.05) is 6.92 Å². The predicted octanol–water partition coefficient (Wildman–Crippen LogP) is 1.32. The van der Waals surface area contributed by atoms with Gasteiger partial charge in [-0.1, -0.05) is 31.2 Å². The summed E-state index contributed by atoms with van der Waals surface area (Å²) in [5, 5.41) is 66.5. The van der Waals surface area contributed by atoms with E-state index in [-0.39, 0.29) is 44.6 Å². The summed E-state index contributed by atoms with van der Waals surface area (Å²) in [6, 6.07) is 9.38. The quantitative estimate of drug-likeness (QED) is 0.141. The first-order valence-corrected chi connectivity index (χ1v) is 13.6. The second-order valence-electron chi connectivity index (χ2n) is 10.7. The fraction of sp³-hybridized carbons (Fsp3) is 0.310. The lowest BCUT2D eigenvalue weighted by atomic mass is 9.96. The molecular formula is C29H28N4O9. The summed E-state index contributed by atoms with van der Waals surface area (Å²) in [7, 11) is 0. The SMILES string of the molecule is CCCNN1C(=O)c2c(c3c4cccc(O)c4n(C4OC(CO)C(O)C(O)C4O)c3c3[nH]c4c(O)cccc4c23)C1=O. The number of nitrogens with zero attached hydrogens (tertiary/aromatic N) is 2. The molecule has 1 saturated heterocycles. The Morgan fingerprint density at radius 1 is 0.857 bits per heavy atom. The average molecular weight is 577 g/mol. The van der Waals surface area contributed by atoms with Gasteiger partial charge >= 0.3 is 0 Å². The molecule has 2 amide bonds. The number of fused-ring (bicyclic) bond motifs is 10. The van der Waals surface area contributed by atoms with Gasteiger partial charge in [-0.05, 0) is 18.6 Å². The molecule has 0 bridgehead atoms. The standard InChI is InChI=1S/C29H28N4O9/c1-2-9-30-33-27(40)18-16-11-5-3-7-13(35)20(11)31-21(16)23-17(19(18)28(33)41)12-6-4-8-14(36)22(12)32(23)29-26(39)25(38)24(37)15(10-34)42-29/h3-8,15,24-26,29-31,34-39H,2,9-10H2,1H3. The molecule has 1 fully saturated rings. The van der Waals surface area contributed by atoms with Gasteiger partial charge in [0.25, 0.3) is 11.8 Å². The summed E-state index contributed by atoms with van der Waals surface area (Å²) in [6.07, 6.45) is -7.18. The zero-order chi connectivity index (χ0) is 29.6. The van der Waals surface area contributed by atoms with Crippen LogP contribution in [0.5, 0.6) is 11.5 Å². The third kappa shape index (κ3) is 3.34. The van der Waals surface area contributed by atoms with E-state index < -0.39 is 49.1 Å². The number of nitrogens with one attached hydrogen (secondary N) is 2. The van der Waals surface area contributed by atoms with Crippen molar-refractivity contribution in [3.63, 3.8) is 0 Å². The molecule has 8 N–H and O–H groups in total. The van der Waals surface area contributed by atoms with Crippen LogP contribution in [0.3, 0.4) is 0 Å². The number of aliphatic hydroxyl groups is 4. The number of para-hydroxylation sites is 2. The minimum Gasteiger partial charge on any atom is -0.506 e. The maximum Gasteiger partial charge on any atom is 0.276 e. The molecule has 4 heterocycles. The van der Waals surface area contributed by atoms with Crippen molar-refractivity contribution in [1.82, 2.24) is 20.0 Å². The highest BCUT2D eigenvalue weighted by molar-refractivity contribution is 6.39. The molecule has 5 unspecified atom stereocenters. The number of hydrogen-bond donors (Lipinski definition) is 8. The van der Waals surface area contributed by atoms with Crippen LogP contribution in [0.25, 0.3) is 43.6 Å². The third-order valence-corrected chi connectivity index (χ3v) is 8.28. The van der Waals surface area contributed by atoms with E-state index in [1.54, 1.807) is 24.3 Å². The van der Waals surface area contributed by atoms with Crippen LogP contribution < -0.4 is 5.43 Å². The summed E-state index contributed by atoms with van der Waals surface area (Å²) in [4.78, 5) is 31.0. The summed E-state index contributed by atoms with van der Waals surface area (Å²) in [5.41, 5.74) is 3.97. The number of aliphatic hydroxyl groups excluding tert-OH is 4. The van der Waals surface area contributed by atoms with Crippen molar-refractivity contribution in [2.24, 2.45) is 0 Å². The Balaban J connectivity index is 1.69. The second-order valence-corrected chi connectivity index (χ2v) is 10.7. The number of aromatic hydroxyl groups is 2. The molecule has 2 aliphatic heterocycles. The smallest absolute Gasteiger partial charge is 0.276 e. The molecule has 3 aromatic carbocycles. The lowest BCUT2D eigenvalue weighted by molar-refractivity contribution is -0.249. The van der Waals surface area contributed by atoms with Crippen molar-refractivity contribution in [1.29, 1.82) is 0 Å². The van der Waals surface area contributed by atoms with E-state index in [0.717, 1.165) is 5.01 Å². The number of amides is 2. The Bertz CT molecular complexity index is 1940. The number of benzene rings is 3. The molecule has 0 saturated carbocycles. The number of ether oxygens (including phenoxy) is 1. The molecule has 5 atom stereocenters. The van der Waals surface area contributed by atoms with Crippen LogP contribution >= 0.6 is 0 Å². The molecular weight excluding hydrogens is 548 g/mol. The second kappa shape index (κ2) is 9.39. The van der Waals surface area contributed by atoms with Gasteiger partial charge in [-0.25, -0.2) is 10.4 Å². The molecule has 13 nitrogen and oxygen atoms in total. The van der Waals surface area contributed by atoms with E-state index in [2.05, 4.69) is 10.4 Å². The minimum atomic E-state index is -1.73. The maximum absolute atomic E-state index is 14.0. The van der Waals surface area contributed by atoms with Crippen LogP contribution in [0.2, 0.25) is 0 Å². The van der Waals surface area contributed by atoms with Gasteiger partial charge in [0.15, 0.2) is 6.23 Å². The van der Waals surface area contributed by atoms with Crippen molar-refractivity contribution in [2.75, 3.05) is 13.2 Å². The lowest BCUT2D eigenvalue weighted by Gasteiger charge is -2.41. The lowest BCUT2D eigenvalue weighted by Crippen LogP contribution is -2.56. The maximum atomic E-state index is 14.0. The summed E-state index contributed by atoms with van der Waals surface area (Å²) < 4.78 is 7.34. The first-order valence-electron chi connectivity index (χ1n) is 13.6. The Hall–Kier alpha value is -4.24. The van der Waals surface area contributed by atoms with Crippen molar-refractivity contribution in [3.8, 4) is 11.5 Å². The van der Waals surface area contributed by atoms with Gasteiger partial charge < -0.3 is 44.9 Å². The Morgan fingerprint density at radius 2 is 1.52 bits per heavy atom. The van der Waals surface area contributed by atoms with Gasteiger partial charge in [0.05, 0.1) is 39.8 Å². The van der Waals surface area contributed by atoms with E-state index in [1.165, 1.54) is 16.7 Å². The Labute approximate surface area is 236 Å². The van der Waals surface area contributed by atoms with Crippen LogP contribution in [-0.4, -0.2) is 94.6 Å². The van der Waals surface area contributed by atoms with Gasteiger partial charge in [-0.2, -0.15) is 0 Å². The topological polar surface area (TPSA) is 201 Å². The van der Waals surface area contributed by atoms with E-state index in [0.29, 0.717) is 34.6 Å². The number of imide groups is 1. The zero-order valence-corrected chi connectivity index (χ0v) is 22.3. The van der Waals surface area contributed by atoms with Crippen molar-refractivity contribution in [3.05, 3.63) is 47.5 Å². The van der Waals surface area contributed by atoms with E-state index >= 15 is 0 Å². The van der Waals surface area contributed by atoms with Gasteiger partial charge in [-0.15, -0.1) is 0 Å². The number of phenolic OH excluding ortho intramolecular Hbond substituents is 2. The highest BCUT2D eigenvalue weighted by atomic mass is 16.6. The molecule has 2 aromatic heterocycles. The molecule has 42 heavy (non-hydrogen) atoms. The largest absolute Gasteiger partial charge is 0.506 e. The summed E-state index contributed by atoms with van der Waals surface area (Å²) in [6.45, 7) is 1.56. The number of hydrogen-bond acceptors (Lipinski definition) is 10. The van der Waals surface area contributed by atoms with Crippen molar-refractivity contribution in [2.45, 2.75) is 44.0 Å². The summed E-state index contributed by atoms with van der Waals surface area (Å²) in [5.74, 6) is -1.57. The minimum absolute atomic E-state index is 0.0503. The zero-order valence-electron chi connectivity index (χ0n) is 22.3. The Kier molecular flexibility index (Phi) is 5.96. The van der Waals surface area contributed by atoms with Crippen LogP contribution in [-0.2, 0) is 4.74 Å². The first-order chi connectivity index (χ1) is 20.2. The summed E-state index contributed by atoms with van der Waals surface area (Å²) >= 11 is 0. The number of hydrazine groups is 1. The van der Waals surface area contributed by atoms with Crippen LogP contribution in [0.4, 0.5) is 0 Å². The molecule has 5 aromatic rings. The first kappa shape index (κ1) is 26.6. The molecule has 7 rings (SSSR count). The third-order valence-electron chi connectivity index (χ3n) is 8.28. The fourth-order valence-corrected chi connectivity index (χ4v) is 6.39. The number of phenols is 2. The Morgan fingerprint density at radius 3 is 2.21 bits per heavy atom. The highest BCUT2D eigenvalue weighted by Crippen LogP contribution is 2.49. The van der Waals surface area contributed by atoms with Gasteiger partial charge in [0.2, 0.25) is 0 Å². The normalized spacial score (nSPS) is 24.6. The molecule has 218 valence electrons. The number of carbonyl (C=O) groups is 2. The number of carbonyl (C=O) groups excluding carboxylic acids is 2. The van der Waals surface area contributed by atoms with Crippen LogP contribution in [0, 0.1) is 0 Å². The van der Waals surface area contributed by atoms with Crippen LogP contribution in [0.1, 0.15) is 40.3 Å². The fourth-order valence-electron chi connectivity index (χ4n) is 6.39.